The molecule has 2 rings (SSSR count). The molecule has 1 aromatic carbocycles. The van der Waals surface area contributed by atoms with Crippen molar-refractivity contribution in [2.75, 3.05) is 20.7 Å². The van der Waals surface area contributed by atoms with Gasteiger partial charge in [-0.3, -0.25) is 4.90 Å². The minimum Gasteiger partial charge on any atom is -0.366 e. The van der Waals surface area contributed by atoms with Gasteiger partial charge in [0.15, 0.2) is 0 Å². The van der Waals surface area contributed by atoms with Crippen molar-refractivity contribution < 1.29 is 4.74 Å². The molecule has 1 heterocycles. The number of ether oxygens (including phenoxy) is 1. The lowest BCUT2D eigenvalue weighted by Crippen LogP contribution is -2.34. The van der Waals surface area contributed by atoms with E-state index in [1.165, 1.54) is 11.1 Å². The van der Waals surface area contributed by atoms with Crippen molar-refractivity contribution in [1.29, 1.82) is 0 Å². The fourth-order valence-electron chi connectivity index (χ4n) is 2.05. The van der Waals surface area contributed by atoms with Gasteiger partial charge in [-0.25, -0.2) is 0 Å². The monoisotopic (exact) mass is 191 g/mol. The number of benzene rings is 1. The average Bonchev–Trinajstić information content (AvgIpc) is 2.38. The number of rotatable bonds is 1. The first-order valence-electron chi connectivity index (χ1n) is 5.11. The Labute approximate surface area is 85.5 Å². The summed E-state index contributed by atoms with van der Waals surface area (Å²) in [5, 5.41) is 0. The molecule has 1 atom stereocenters. The standard InChI is InChI=1S/C12H17NO/c1-13-8-7-10-5-3-4-6-11(10)9-12(13)14-2/h3-6,12H,7-9H2,1-2H3. The Morgan fingerprint density at radius 1 is 1.29 bits per heavy atom. The fraction of sp³-hybridized carbons (Fsp3) is 0.500. The van der Waals surface area contributed by atoms with Gasteiger partial charge in [0, 0.05) is 20.1 Å². The molecule has 1 aliphatic heterocycles. The molecular formula is C12H17NO. The van der Waals surface area contributed by atoms with Crippen LogP contribution in [0.1, 0.15) is 11.1 Å². The predicted octanol–water partition coefficient (Wildman–Crippen LogP) is 1.69. The summed E-state index contributed by atoms with van der Waals surface area (Å²) in [6, 6.07) is 8.66. The van der Waals surface area contributed by atoms with Crippen LogP contribution >= 0.6 is 0 Å². The third-order valence-electron chi connectivity index (χ3n) is 3.01. The van der Waals surface area contributed by atoms with Crippen LogP contribution in [0, 0.1) is 0 Å². The second-order valence-corrected chi connectivity index (χ2v) is 3.89. The van der Waals surface area contributed by atoms with Crippen molar-refractivity contribution in [1.82, 2.24) is 4.90 Å². The van der Waals surface area contributed by atoms with Crippen molar-refractivity contribution in [2.45, 2.75) is 19.1 Å². The summed E-state index contributed by atoms with van der Waals surface area (Å²) in [6.45, 7) is 1.08. The van der Waals surface area contributed by atoms with E-state index < -0.39 is 0 Å². The van der Waals surface area contributed by atoms with Crippen LogP contribution in [0.3, 0.4) is 0 Å². The summed E-state index contributed by atoms with van der Waals surface area (Å²) >= 11 is 0. The van der Waals surface area contributed by atoms with Gasteiger partial charge in [0.25, 0.3) is 0 Å². The van der Waals surface area contributed by atoms with Gasteiger partial charge < -0.3 is 4.74 Å². The Bertz CT molecular complexity index is 311. The first-order chi connectivity index (χ1) is 6.81. The molecule has 0 aliphatic carbocycles. The van der Waals surface area contributed by atoms with E-state index in [2.05, 4.69) is 36.2 Å². The van der Waals surface area contributed by atoms with Crippen LogP contribution in [0.2, 0.25) is 0 Å². The molecule has 0 saturated heterocycles. The van der Waals surface area contributed by atoms with Gasteiger partial charge in [0.2, 0.25) is 0 Å². The number of hydrogen-bond donors (Lipinski definition) is 0. The van der Waals surface area contributed by atoms with Crippen LogP contribution in [-0.2, 0) is 17.6 Å². The Balaban J connectivity index is 2.26. The van der Waals surface area contributed by atoms with Crippen molar-refractivity contribution in [2.24, 2.45) is 0 Å². The normalized spacial score (nSPS) is 22.9. The minimum absolute atomic E-state index is 0.235. The number of fused-ring (bicyclic) bond motifs is 1. The average molecular weight is 191 g/mol. The third kappa shape index (κ3) is 1.81. The number of likely N-dealkylation sites (N-methyl/N-ethyl adjacent to an activating group) is 1. The zero-order chi connectivity index (χ0) is 9.97. The van der Waals surface area contributed by atoms with Gasteiger partial charge in [-0.15, -0.1) is 0 Å². The molecule has 0 N–H and O–H groups in total. The van der Waals surface area contributed by atoms with Crippen LogP contribution in [-0.4, -0.2) is 31.8 Å². The molecule has 0 amide bonds. The van der Waals surface area contributed by atoms with Crippen LogP contribution in [0.5, 0.6) is 0 Å². The smallest absolute Gasteiger partial charge is 0.114 e. The Morgan fingerprint density at radius 3 is 2.71 bits per heavy atom. The van der Waals surface area contributed by atoms with Gasteiger partial charge >= 0.3 is 0 Å². The topological polar surface area (TPSA) is 12.5 Å². The largest absolute Gasteiger partial charge is 0.366 e. The van der Waals surface area contributed by atoms with Crippen molar-refractivity contribution in [3.63, 3.8) is 0 Å². The third-order valence-corrected chi connectivity index (χ3v) is 3.01. The molecule has 2 heteroatoms. The maximum atomic E-state index is 5.47. The SMILES string of the molecule is COC1Cc2ccccc2CCN1C. The molecule has 0 fully saturated rings. The van der Waals surface area contributed by atoms with Crippen LogP contribution in [0.25, 0.3) is 0 Å². The summed E-state index contributed by atoms with van der Waals surface area (Å²) < 4.78 is 5.47. The number of nitrogens with zero attached hydrogens (tertiary/aromatic N) is 1. The summed E-state index contributed by atoms with van der Waals surface area (Å²) in [6.07, 6.45) is 2.37. The van der Waals surface area contributed by atoms with Crippen molar-refractivity contribution in [3.05, 3.63) is 35.4 Å². The molecule has 0 saturated carbocycles. The van der Waals surface area contributed by atoms with E-state index in [4.69, 9.17) is 4.74 Å². The first-order valence-corrected chi connectivity index (χ1v) is 5.11. The van der Waals surface area contributed by atoms with E-state index in [0.717, 1.165) is 19.4 Å². The number of methoxy groups -OCH3 is 1. The predicted molar refractivity (Wildman–Crippen MR) is 57.3 cm³/mol. The van der Waals surface area contributed by atoms with Crippen LogP contribution in [0.4, 0.5) is 0 Å². The second kappa shape index (κ2) is 4.11. The van der Waals surface area contributed by atoms with E-state index in [9.17, 15) is 0 Å². The Hall–Kier alpha value is -0.860. The highest BCUT2D eigenvalue weighted by Gasteiger charge is 2.19. The van der Waals surface area contributed by atoms with Crippen LogP contribution < -0.4 is 0 Å². The molecule has 2 nitrogen and oxygen atoms in total. The van der Waals surface area contributed by atoms with Gasteiger partial charge in [0.05, 0.1) is 0 Å². The number of hydrogen-bond acceptors (Lipinski definition) is 2. The highest BCUT2D eigenvalue weighted by molar-refractivity contribution is 5.28. The lowest BCUT2D eigenvalue weighted by Gasteiger charge is -2.23. The van der Waals surface area contributed by atoms with Gasteiger partial charge in [-0.2, -0.15) is 0 Å². The lowest BCUT2D eigenvalue weighted by molar-refractivity contribution is -0.0133. The van der Waals surface area contributed by atoms with E-state index in [1.807, 2.05) is 0 Å². The zero-order valence-corrected chi connectivity index (χ0v) is 8.86. The molecule has 0 radical (unpaired) electrons. The van der Waals surface area contributed by atoms with E-state index in [-0.39, 0.29) is 6.23 Å². The minimum atomic E-state index is 0.235. The summed E-state index contributed by atoms with van der Waals surface area (Å²) in [5.74, 6) is 0. The molecule has 1 aromatic rings. The maximum Gasteiger partial charge on any atom is 0.114 e. The Morgan fingerprint density at radius 2 is 2.00 bits per heavy atom. The molecule has 0 aromatic heterocycles. The molecule has 1 unspecified atom stereocenters. The summed E-state index contributed by atoms with van der Waals surface area (Å²) in [4.78, 5) is 2.28. The molecule has 0 spiro atoms. The molecule has 0 bridgehead atoms. The first kappa shape index (κ1) is 9.69. The summed E-state index contributed by atoms with van der Waals surface area (Å²) in [7, 11) is 3.91. The quantitative estimate of drug-likeness (QED) is 0.669. The van der Waals surface area contributed by atoms with Crippen molar-refractivity contribution in [3.8, 4) is 0 Å². The highest BCUT2D eigenvalue weighted by atomic mass is 16.5. The van der Waals surface area contributed by atoms with Gasteiger partial charge in [-0.05, 0) is 24.6 Å². The summed E-state index contributed by atoms with van der Waals surface area (Å²) in [5.41, 5.74) is 2.91. The molecular weight excluding hydrogens is 174 g/mol. The zero-order valence-electron chi connectivity index (χ0n) is 8.86. The fourth-order valence-corrected chi connectivity index (χ4v) is 2.05. The molecule has 76 valence electrons. The van der Waals surface area contributed by atoms with Crippen molar-refractivity contribution >= 4 is 0 Å². The Kier molecular flexibility index (Phi) is 2.85. The van der Waals surface area contributed by atoms with Gasteiger partial charge in [-0.1, -0.05) is 24.3 Å². The van der Waals surface area contributed by atoms with Crippen LogP contribution in [0.15, 0.2) is 24.3 Å². The van der Waals surface area contributed by atoms with E-state index in [0.29, 0.717) is 0 Å². The maximum absolute atomic E-state index is 5.47. The lowest BCUT2D eigenvalue weighted by atomic mass is 10.0. The molecule has 14 heavy (non-hydrogen) atoms. The highest BCUT2D eigenvalue weighted by Crippen LogP contribution is 2.18. The van der Waals surface area contributed by atoms with Gasteiger partial charge in [0.1, 0.15) is 6.23 Å². The second-order valence-electron chi connectivity index (χ2n) is 3.89. The van der Waals surface area contributed by atoms with E-state index in [1.54, 1.807) is 7.11 Å². The van der Waals surface area contributed by atoms with E-state index >= 15 is 0 Å². The molecule has 1 aliphatic rings.